The quantitative estimate of drug-likeness (QED) is 0.672. The molecule has 2 rings (SSSR count). The van der Waals surface area contributed by atoms with Crippen molar-refractivity contribution in [2.45, 2.75) is 26.1 Å². The fraction of sp³-hybridized carbons (Fsp3) is 0.545. The Hall–Kier alpha value is -1.09. The maximum absolute atomic E-state index is 5.66. The smallest absolute Gasteiger partial charge is 0.114 e. The van der Waals surface area contributed by atoms with Crippen LogP contribution in [0.2, 0.25) is 0 Å². The number of pyridine rings is 1. The average Bonchev–Trinajstić information content (AvgIpc) is 2.18. The van der Waals surface area contributed by atoms with Crippen molar-refractivity contribution in [2.75, 3.05) is 18.0 Å². The van der Waals surface area contributed by atoms with E-state index in [9.17, 15) is 0 Å². The number of aromatic nitrogens is 1. The Morgan fingerprint density at radius 3 is 2.71 bits per heavy atom. The van der Waals surface area contributed by atoms with Gasteiger partial charge in [0.2, 0.25) is 0 Å². The predicted octanol–water partition coefficient (Wildman–Crippen LogP) is 1.50. The SMILES string of the molecule is CC1CN(c2[c]nccc2)CC(C)O1. The zero-order valence-electron chi connectivity index (χ0n) is 8.60. The van der Waals surface area contributed by atoms with Crippen LogP contribution in [-0.4, -0.2) is 30.3 Å². The molecule has 1 fully saturated rings. The molecule has 2 unspecified atom stereocenters. The van der Waals surface area contributed by atoms with Crippen molar-refractivity contribution in [3.63, 3.8) is 0 Å². The largest absolute Gasteiger partial charge is 0.372 e. The molecule has 1 aliphatic rings. The molecule has 14 heavy (non-hydrogen) atoms. The predicted molar refractivity (Wildman–Crippen MR) is 55.3 cm³/mol. The molecule has 0 aromatic carbocycles. The third kappa shape index (κ3) is 2.04. The minimum atomic E-state index is 0.285. The zero-order valence-corrected chi connectivity index (χ0v) is 8.60. The second-order valence-electron chi connectivity index (χ2n) is 3.80. The van der Waals surface area contributed by atoms with Gasteiger partial charge in [-0.3, -0.25) is 4.98 Å². The van der Waals surface area contributed by atoms with Crippen molar-refractivity contribution in [1.29, 1.82) is 0 Å². The number of ether oxygens (including phenoxy) is 1. The third-order valence-corrected chi connectivity index (χ3v) is 2.35. The molecule has 0 N–H and O–H groups in total. The Balaban J connectivity index is 2.11. The molecule has 1 aromatic heterocycles. The Morgan fingerprint density at radius 1 is 1.43 bits per heavy atom. The topological polar surface area (TPSA) is 25.4 Å². The standard InChI is InChI=1S/C11H15N2O/c1-9-7-13(8-10(2)14-9)11-4-3-5-12-6-11/h3-5,9-10H,7-8H2,1-2H3. The molecular formula is C11H15N2O. The van der Waals surface area contributed by atoms with Crippen molar-refractivity contribution in [1.82, 2.24) is 4.98 Å². The molecule has 3 heteroatoms. The lowest BCUT2D eigenvalue weighted by atomic mass is 10.2. The number of hydrogen-bond donors (Lipinski definition) is 0. The van der Waals surface area contributed by atoms with Gasteiger partial charge in [0, 0.05) is 19.3 Å². The van der Waals surface area contributed by atoms with E-state index < -0.39 is 0 Å². The van der Waals surface area contributed by atoms with E-state index in [1.54, 1.807) is 6.20 Å². The molecule has 2 atom stereocenters. The molecular weight excluding hydrogens is 176 g/mol. The minimum Gasteiger partial charge on any atom is -0.372 e. The summed E-state index contributed by atoms with van der Waals surface area (Å²) in [6.07, 6.45) is 5.32. The van der Waals surface area contributed by atoms with Gasteiger partial charge in [0.05, 0.1) is 17.9 Å². The molecule has 0 spiro atoms. The molecule has 0 amide bonds. The van der Waals surface area contributed by atoms with Gasteiger partial charge in [-0.25, -0.2) is 0 Å². The van der Waals surface area contributed by atoms with Crippen LogP contribution in [0.25, 0.3) is 0 Å². The maximum atomic E-state index is 5.66. The molecule has 1 saturated heterocycles. The summed E-state index contributed by atoms with van der Waals surface area (Å²) in [6.45, 7) is 6.04. The van der Waals surface area contributed by atoms with Crippen LogP contribution in [-0.2, 0) is 4.74 Å². The lowest BCUT2D eigenvalue weighted by molar-refractivity contribution is -0.00524. The van der Waals surface area contributed by atoms with Crippen LogP contribution >= 0.6 is 0 Å². The Bertz CT molecular complexity index is 279. The second-order valence-corrected chi connectivity index (χ2v) is 3.80. The molecule has 75 valence electrons. The van der Waals surface area contributed by atoms with Crippen LogP contribution in [0.1, 0.15) is 13.8 Å². The number of hydrogen-bond acceptors (Lipinski definition) is 3. The number of morpholine rings is 1. The molecule has 0 bridgehead atoms. The highest BCUT2D eigenvalue weighted by Crippen LogP contribution is 2.18. The maximum Gasteiger partial charge on any atom is 0.114 e. The van der Waals surface area contributed by atoms with Crippen molar-refractivity contribution in [2.24, 2.45) is 0 Å². The van der Waals surface area contributed by atoms with Gasteiger partial charge in [0.15, 0.2) is 0 Å². The summed E-state index contributed by atoms with van der Waals surface area (Å²) in [4.78, 5) is 6.27. The Morgan fingerprint density at radius 2 is 2.14 bits per heavy atom. The summed E-state index contributed by atoms with van der Waals surface area (Å²) >= 11 is 0. The molecule has 0 aliphatic carbocycles. The number of nitrogens with zero attached hydrogens (tertiary/aromatic N) is 2. The van der Waals surface area contributed by atoms with Gasteiger partial charge in [-0.05, 0) is 26.0 Å². The van der Waals surface area contributed by atoms with Crippen molar-refractivity contribution >= 4 is 5.69 Å². The van der Waals surface area contributed by atoms with Gasteiger partial charge in [-0.15, -0.1) is 0 Å². The van der Waals surface area contributed by atoms with Crippen LogP contribution in [0.4, 0.5) is 5.69 Å². The molecule has 1 aliphatic heterocycles. The molecule has 0 saturated carbocycles. The first-order valence-electron chi connectivity index (χ1n) is 4.99. The van der Waals surface area contributed by atoms with Crippen LogP contribution in [0.15, 0.2) is 18.3 Å². The van der Waals surface area contributed by atoms with Crippen LogP contribution < -0.4 is 4.90 Å². The Labute approximate surface area is 84.7 Å². The Kier molecular flexibility index (Phi) is 2.68. The highest BCUT2D eigenvalue weighted by atomic mass is 16.5. The van der Waals surface area contributed by atoms with E-state index in [0.29, 0.717) is 0 Å². The summed E-state index contributed by atoms with van der Waals surface area (Å²) < 4.78 is 5.66. The molecule has 2 heterocycles. The van der Waals surface area contributed by atoms with Crippen LogP contribution in [0, 0.1) is 6.20 Å². The third-order valence-electron chi connectivity index (χ3n) is 2.35. The van der Waals surface area contributed by atoms with E-state index in [1.165, 1.54) is 0 Å². The molecule has 1 aromatic rings. The monoisotopic (exact) mass is 191 g/mol. The van der Waals surface area contributed by atoms with Crippen molar-refractivity contribution in [3.8, 4) is 0 Å². The minimum absolute atomic E-state index is 0.285. The molecule has 3 nitrogen and oxygen atoms in total. The van der Waals surface area contributed by atoms with E-state index in [2.05, 4.69) is 29.9 Å². The van der Waals surface area contributed by atoms with E-state index in [4.69, 9.17) is 4.74 Å². The van der Waals surface area contributed by atoms with Gasteiger partial charge in [0.1, 0.15) is 6.20 Å². The fourth-order valence-electron chi connectivity index (χ4n) is 1.87. The highest BCUT2D eigenvalue weighted by Gasteiger charge is 2.22. The lowest BCUT2D eigenvalue weighted by Crippen LogP contribution is -2.45. The summed E-state index contributed by atoms with van der Waals surface area (Å²) in [7, 11) is 0. The summed E-state index contributed by atoms with van der Waals surface area (Å²) in [5.74, 6) is 0. The number of rotatable bonds is 1. The van der Waals surface area contributed by atoms with Crippen molar-refractivity contribution in [3.05, 3.63) is 24.5 Å². The van der Waals surface area contributed by atoms with Gasteiger partial charge < -0.3 is 9.64 Å². The van der Waals surface area contributed by atoms with E-state index >= 15 is 0 Å². The summed E-state index contributed by atoms with van der Waals surface area (Å²) in [5, 5.41) is 0. The van der Waals surface area contributed by atoms with Gasteiger partial charge >= 0.3 is 0 Å². The van der Waals surface area contributed by atoms with E-state index in [1.807, 2.05) is 12.1 Å². The van der Waals surface area contributed by atoms with Crippen LogP contribution in [0.3, 0.4) is 0 Å². The first-order valence-corrected chi connectivity index (χ1v) is 4.99. The number of anilines is 1. The normalized spacial score (nSPS) is 27.7. The van der Waals surface area contributed by atoms with Crippen molar-refractivity contribution < 1.29 is 4.74 Å². The zero-order chi connectivity index (χ0) is 9.97. The van der Waals surface area contributed by atoms with E-state index in [-0.39, 0.29) is 12.2 Å². The molecule has 1 radical (unpaired) electrons. The highest BCUT2D eigenvalue weighted by molar-refractivity contribution is 5.43. The summed E-state index contributed by atoms with van der Waals surface area (Å²) in [5.41, 5.74) is 1.06. The van der Waals surface area contributed by atoms with Gasteiger partial charge in [-0.2, -0.15) is 0 Å². The van der Waals surface area contributed by atoms with Gasteiger partial charge in [0.25, 0.3) is 0 Å². The van der Waals surface area contributed by atoms with Gasteiger partial charge in [-0.1, -0.05) is 0 Å². The van der Waals surface area contributed by atoms with Crippen LogP contribution in [0.5, 0.6) is 0 Å². The lowest BCUT2D eigenvalue weighted by Gasteiger charge is -2.36. The fourth-order valence-corrected chi connectivity index (χ4v) is 1.87. The first kappa shape index (κ1) is 9.46. The second kappa shape index (κ2) is 3.96. The van der Waals surface area contributed by atoms with E-state index in [0.717, 1.165) is 18.8 Å². The first-order chi connectivity index (χ1) is 6.75. The summed E-state index contributed by atoms with van der Waals surface area (Å²) in [6, 6.07) is 3.98. The average molecular weight is 191 g/mol.